The normalized spacial score (nSPS) is 18.7. The van der Waals surface area contributed by atoms with Gasteiger partial charge in [-0.2, -0.15) is 0 Å². The fourth-order valence-corrected chi connectivity index (χ4v) is 3.99. The largest absolute Gasteiger partial charge is 0.539 e. The Morgan fingerprint density at radius 3 is 2.38 bits per heavy atom. The Morgan fingerprint density at radius 2 is 1.81 bits per heavy atom. The van der Waals surface area contributed by atoms with Crippen molar-refractivity contribution in [2.75, 3.05) is 45.1 Å². The molecule has 1 saturated heterocycles. The van der Waals surface area contributed by atoms with Gasteiger partial charge < -0.3 is 34.3 Å². The Balaban J connectivity index is 0.000000534. The second-order valence-electron chi connectivity index (χ2n) is 7.57. The van der Waals surface area contributed by atoms with Crippen molar-refractivity contribution in [1.82, 2.24) is 4.90 Å². The van der Waals surface area contributed by atoms with Crippen LogP contribution in [0.25, 0.3) is 0 Å². The van der Waals surface area contributed by atoms with Crippen LogP contribution >= 0.6 is 11.8 Å². The minimum atomic E-state index is -2.07. The molecule has 0 aromatic heterocycles. The lowest BCUT2D eigenvalue weighted by Gasteiger charge is -2.35. The topological polar surface area (TPSA) is 138 Å². The van der Waals surface area contributed by atoms with Crippen LogP contribution in [0.2, 0.25) is 0 Å². The number of piperazine rings is 1. The zero-order valence-corrected chi connectivity index (χ0v) is 18.9. The van der Waals surface area contributed by atoms with Gasteiger partial charge in [-0.05, 0) is 12.1 Å². The molecule has 1 fully saturated rings. The number of ether oxygens (including phenoxy) is 2. The number of carboxylic acid groups (broad SMARTS) is 2. The third-order valence-electron chi connectivity index (χ3n) is 5.00. The molecular formula is C21H28N2O8S. The van der Waals surface area contributed by atoms with Crippen molar-refractivity contribution in [1.29, 1.82) is 0 Å². The van der Waals surface area contributed by atoms with Crippen molar-refractivity contribution in [3.8, 4) is 11.5 Å². The van der Waals surface area contributed by atoms with E-state index in [-0.39, 0.29) is 23.0 Å². The van der Waals surface area contributed by atoms with Crippen molar-refractivity contribution in [2.24, 2.45) is 5.92 Å². The van der Waals surface area contributed by atoms with Crippen molar-refractivity contribution in [3.05, 3.63) is 24.3 Å². The van der Waals surface area contributed by atoms with E-state index in [0.717, 1.165) is 44.2 Å². The Bertz CT molecular complexity index is 814. The van der Waals surface area contributed by atoms with E-state index in [0.29, 0.717) is 12.4 Å². The van der Waals surface area contributed by atoms with E-state index in [1.807, 2.05) is 36.1 Å². The maximum Gasteiger partial charge on any atom is 0.351 e. The van der Waals surface area contributed by atoms with Gasteiger partial charge in [-0.3, -0.25) is 9.59 Å². The van der Waals surface area contributed by atoms with E-state index in [1.165, 1.54) is 16.7 Å². The van der Waals surface area contributed by atoms with Gasteiger partial charge in [0.25, 0.3) is 0 Å². The van der Waals surface area contributed by atoms with E-state index in [9.17, 15) is 9.59 Å². The zero-order chi connectivity index (χ0) is 23.7. The molecule has 0 saturated carbocycles. The van der Waals surface area contributed by atoms with Gasteiger partial charge in [0.05, 0.1) is 26.2 Å². The van der Waals surface area contributed by atoms with Crippen LogP contribution in [0.5, 0.6) is 11.5 Å². The number of rotatable bonds is 5. The first-order valence-corrected chi connectivity index (χ1v) is 11.2. The summed E-state index contributed by atoms with van der Waals surface area (Å²) in [7, 11) is 0. The fourth-order valence-electron chi connectivity index (χ4n) is 3.36. The highest BCUT2D eigenvalue weighted by molar-refractivity contribution is 8.13. The van der Waals surface area contributed by atoms with Crippen LogP contribution in [0.3, 0.4) is 0 Å². The first-order valence-electron chi connectivity index (χ1n) is 10.3. The number of carbonyl (C=O) groups is 4. The Morgan fingerprint density at radius 1 is 1.22 bits per heavy atom. The van der Waals surface area contributed by atoms with Crippen LogP contribution in [0.4, 0.5) is 0 Å². The molecule has 1 aromatic carbocycles. The molecular weight excluding hydrogens is 440 g/mol. The van der Waals surface area contributed by atoms with E-state index in [1.54, 1.807) is 6.92 Å². The average molecular weight is 469 g/mol. The number of nitrogens with zero attached hydrogens (tertiary/aromatic N) is 1. The van der Waals surface area contributed by atoms with Gasteiger partial charge in [-0.1, -0.05) is 30.8 Å². The minimum absolute atomic E-state index is 0.0491. The van der Waals surface area contributed by atoms with E-state index >= 15 is 0 Å². The van der Waals surface area contributed by atoms with E-state index < -0.39 is 11.9 Å². The summed E-state index contributed by atoms with van der Waals surface area (Å²) in [5.41, 5.74) is 0. The number of hydrogen-bond acceptors (Lipinski definition) is 8. The predicted octanol–water partition coefficient (Wildman–Crippen LogP) is -1.71. The first kappa shape index (κ1) is 25.5. The summed E-state index contributed by atoms with van der Waals surface area (Å²) in [6.45, 7) is 8.25. The molecule has 0 aliphatic carbocycles. The maximum atomic E-state index is 12.5. The molecule has 0 radical (unpaired) electrons. The number of carboxylic acids is 2. The lowest BCUT2D eigenvalue weighted by molar-refractivity contribution is -0.906. The van der Waals surface area contributed by atoms with Crippen molar-refractivity contribution in [2.45, 2.75) is 20.0 Å². The van der Waals surface area contributed by atoms with Crippen LogP contribution in [-0.2, 0) is 19.2 Å². The number of fused-ring (bicyclic) bond motifs is 1. The molecule has 0 bridgehead atoms. The summed E-state index contributed by atoms with van der Waals surface area (Å²) >= 11 is 1.23. The highest BCUT2D eigenvalue weighted by Crippen LogP contribution is 2.30. The quantitative estimate of drug-likeness (QED) is 0.484. The molecule has 3 rings (SSSR count). The number of nitrogens with one attached hydrogen (secondary N) is 1. The molecule has 2 aliphatic heterocycles. The molecule has 10 nitrogen and oxygen atoms in total. The van der Waals surface area contributed by atoms with Gasteiger partial charge >= 0.3 is 5.97 Å². The van der Waals surface area contributed by atoms with Crippen LogP contribution in [-0.4, -0.2) is 84.2 Å². The number of quaternary nitrogens is 1. The van der Waals surface area contributed by atoms with E-state index in [2.05, 4.69) is 0 Å². The summed E-state index contributed by atoms with van der Waals surface area (Å²) in [6, 6.07) is 7.76. The summed E-state index contributed by atoms with van der Waals surface area (Å²) in [4.78, 5) is 45.0. The highest BCUT2D eigenvalue weighted by Gasteiger charge is 2.30. The minimum Gasteiger partial charge on any atom is -0.539 e. The third-order valence-corrected chi connectivity index (χ3v) is 6.07. The molecule has 2 atom stereocenters. The summed E-state index contributed by atoms with van der Waals surface area (Å²) in [5.74, 6) is -1.78. The number of amides is 1. The lowest BCUT2D eigenvalue weighted by atomic mass is 10.1. The number of para-hydroxylation sites is 2. The smallest absolute Gasteiger partial charge is 0.351 e. The zero-order valence-electron chi connectivity index (χ0n) is 18.1. The van der Waals surface area contributed by atoms with Gasteiger partial charge in [0.1, 0.15) is 13.2 Å². The van der Waals surface area contributed by atoms with Crippen molar-refractivity contribution in [3.63, 3.8) is 0 Å². The highest BCUT2D eigenvalue weighted by atomic mass is 32.2. The van der Waals surface area contributed by atoms with Gasteiger partial charge in [0.15, 0.2) is 28.7 Å². The SMILES string of the molecule is CC(=O)SCC(C)C(=O)N1CC[NH+](CC2COc3ccccc3O2)CC1.O=C([O-])C(=O)O. The number of benzene rings is 1. The summed E-state index contributed by atoms with van der Waals surface area (Å²) < 4.78 is 11.8. The lowest BCUT2D eigenvalue weighted by Crippen LogP contribution is -3.16. The van der Waals surface area contributed by atoms with Crippen LogP contribution in [0.15, 0.2) is 24.3 Å². The van der Waals surface area contributed by atoms with Crippen molar-refractivity contribution >= 4 is 34.7 Å². The number of thioether (sulfide) groups is 1. The van der Waals surface area contributed by atoms with Crippen molar-refractivity contribution < 1.29 is 43.8 Å². The molecule has 0 spiro atoms. The molecule has 2 N–H and O–H groups in total. The Kier molecular flexibility index (Phi) is 9.79. The van der Waals surface area contributed by atoms with Crippen LogP contribution < -0.4 is 19.5 Å². The van der Waals surface area contributed by atoms with Gasteiger partial charge in [-0.15, -0.1) is 0 Å². The standard InChI is InChI=1S/C19H26N2O4S.C2H2O4/c1-14(13-26-15(2)22)19(23)21-9-7-20(8-10-21)11-16-12-24-17-5-3-4-6-18(17)25-16;3-1(4)2(5)6/h3-6,14,16H,7-13H2,1-2H3;(H,3,4)(H,5,6). The monoisotopic (exact) mass is 468 g/mol. The Hall–Kier alpha value is -2.79. The third kappa shape index (κ3) is 8.04. The van der Waals surface area contributed by atoms with Crippen LogP contribution in [0, 0.1) is 5.92 Å². The molecule has 1 amide bonds. The fraction of sp³-hybridized carbons (Fsp3) is 0.524. The Labute approximate surface area is 190 Å². The maximum absolute atomic E-state index is 12.5. The second-order valence-corrected chi connectivity index (χ2v) is 8.77. The average Bonchev–Trinajstić information content (AvgIpc) is 2.77. The molecule has 2 aliphatic rings. The summed E-state index contributed by atoms with van der Waals surface area (Å²) in [5, 5.41) is 16.4. The van der Waals surface area contributed by atoms with Crippen LogP contribution in [0.1, 0.15) is 13.8 Å². The number of hydrogen-bond donors (Lipinski definition) is 2. The molecule has 1 aromatic rings. The van der Waals surface area contributed by atoms with Gasteiger partial charge in [0.2, 0.25) is 5.91 Å². The second kappa shape index (κ2) is 12.3. The molecule has 32 heavy (non-hydrogen) atoms. The molecule has 176 valence electrons. The van der Waals surface area contributed by atoms with E-state index in [4.69, 9.17) is 29.3 Å². The van der Waals surface area contributed by atoms with Gasteiger partial charge in [0, 0.05) is 18.6 Å². The number of aliphatic carboxylic acids is 2. The summed E-state index contributed by atoms with van der Waals surface area (Å²) in [6.07, 6.45) is 0.0491. The number of carbonyl (C=O) groups excluding carboxylic acids is 3. The molecule has 2 heterocycles. The first-order chi connectivity index (χ1) is 15.2. The van der Waals surface area contributed by atoms with Gasteiger partial charge in [-0.25, -0.2) is 4.79 Å². The molecule has 2 unspecified atom stereocenters. The predicted molar refractivity (Wildman–Crippen MR) is 113 cm³/mol. The molecule has 11 heteroatoms.